The van der Waals surface area contributed by atoms with Crippen molar-refractivity contribution in [2.24, 2.45) is 5.11 Å². The second-order valence-corrected chi connectivity index (χ2v) is 2.14. The van der Waals surface area contributed by atoms with E-state index in [-0.39, 0.29) is 6.54 Å². The lowest BCUT2D eigenvalue weighted by atomic mass is 10.4. The monoisotopic (exact) mass is 152 g/mol. The highest BCUT2D eigenvalue weighted by molar-refractivity contribution is 5.04. The average molecular weight is 152 g/mol. The topological polar surface area (TPSA) is 74.8 Å². The largest absolute Gasteiger partial charge is 0.446 e. The standard InChI is InChI=1S/C6H8N4O/c1-4-5(2)11-6(9-4)3-8-10-7/h3H2,1-2H3. The zero-order valence-corrected chi connectivity index (χ0v) is 6.40. The predicted octanol–water partition coefficient (Wildman–Crippen LogP) is 2.10. The van der Waals surface area contributed by atoms with Crippen LogP contribution in [-0.2, 0) is 6.54 Å². The molecule has 0 spiro atoms. The Hall–Kier alpha value is -1.48. The molecular formula is C6H8N4O. The molecule has 0 fully saturated rings. The highest BCUT2D eigenvalue weighted by atomic mass is 16.4. The zero-order valence-electron chi connectivity index (χ0n) is 6.40. The van der Waals surface area contributed by atoms with Crippen molar-refractivity contribution in [3.05, 3.63) is 27.8 Å². The summed E-state index contributed by atoms with van der Waals surface area (Å²) in [7, 11) is 0. The van der Waals surface area contributed by atoms with Crippen LogP contribution >= 0.6 is 0 Å². The number of rotatable bonds is 2. The molecule has 0 bridgehead atoms. The number of oxazole rings is 1. The van der Waals surface area contributed by atoms with Crippen LogP contribution in [0.15, 0.2) is 9.53 Å². The molecule has 0 N–H and O–H groups in total. The molecular weight excluding hydrogens is 144 g/mol. The first-order chi connectivity index (χ1) is 5.24. The van der Waals surface area contributed by atoms with Crippen LogP contribution in [0.4, 0.5) is 0 Å². The van der Waals surface area contributed by atoms with Gasteiger partial charge in [0.25, 0.3) is 0 Å². The molecule has 0 saturated heterocycles. The first-order valence-electron chi connectivity index (χ1n) is 3.18. The van der Waals surface area contributed by atoms with E-state index in [2.05, 4.69) is 15.0 Å². The Morgan fingerprint density at radius 1 is 1.64 bits per heavy atom. The maximum atomic E-state index is 7.99. The molecule has 58 valence electrons. The van der Waals surface area contributed by atoms with Gasteiger partial charge >= 0.3 is 0 Å². The Morgan fingerprint density at radius 3 is 2.82 bits per heavy atom. The number of aryl methyl sites for hydroxylation is 2. The molecule has 5 nitrogen and oxygen atoms in total. The molecule has 1 aromatic rings. The summed E-state index contributed by atoms with van der Waals surface area (Å²) in [5, 5.41) is 3.32. The number of hydrogen-bond donors (Lipinski definition) is 0. The van der Waals surface area contributed by atoms with Gasteiger partial charge in [0, 0.05) is 4.91 Å². The minimum absolute atomic E-state index is 0.186. The maximum Gasteiger partial charge on any atom is 0.200 e. The van der Waals surface area contributed by atoms with Gasteiger partial charge in [-0.3, -0.25) is 0 Å². The molecule has 1 rings (SSSR count). The summed E-state index contributed by atoms with van der Waals surface area (Å²) in [6.07, 6.45) is 0. The van der Waals surface area contributed by atoms with E-state index >= 15 is 0 Å². The Bertz CT molecular complexity index is 278. The third-order valence-electron chi connectivity index (χ3n) is 1.34. The molecule has 0 aliphatic carbocycles. The maximum absolute atomic E-state index is 7.99. The molecule has 1 heterocycles. The normalized spacial score (nSPS) is 9.27. The van der Waals surface area contributed by atoms with E-state index in [4.69, 9.17) is 9.95 Å². The summed E-state index contributed by atoms with van der Waals surface area (Å²) in [6, 6.07) is 0. The van der Waals surface area contributed by atoms with Crippen molar-refractivity contribution in [2.45, 2.75) is 20.4 Å². The first-order valence-corrected chi connectivity index (χ1v) is 3.18. The van der Waals surface area contributed by atoms with Crippen LogP contribution in [0.3, 0.4) is 0 Å². The highest BCUT2D eigenvalue weighted by Gasteiger charge is 2.02. The molecule has 0 radical (unpaired) electrons. The third-order valence-corrected chi connectivity index (χ3v) is 1.34. The summed E-state index contributed by atoms with van der Waals surface area (Å²) in [5.74, 6) is 1.24. The SMILES string of the molecule is Cc1nc(CN=[N+]=[N-])oc1C. The van der Waals surface area contributed by atoms with Crippen LogP contribution in [-0.4, -0.2) is 4.98 Å². The molecule has 0 amide bonds. The van der Waals surface area contributed by atoms with Crippen molar-refractivity contribution in [1.29, 1.82) is 0 Å². The van der Waals surface area contributed by atoms with Crippen LogP contribution in [0.5, 0.6) is 0 Å². The summed E-state index contributed by atoms with van der Waals surface area (Å²) in [6.45, 7) is 3.85. The number of azide groups is 1. The second-order valence-electron chi connectivity index (χ2n) is 2.14. The van der Waals surface area contributed by atoms with Crippen molar-refractivity contribution in [2.75, 3.05) is 0 Å². The second kappa shape index (κ2) is 3.07. The van der Waals surface area contributed by atoms with Gasteiger partial charge in [0.2, 0.25) is 0 Å². The smallest absolute Gasteiger partial charge is 0.200 e. The van der Waals surface area contributed by atoms with E-state index in [1.165, 1.54) is 0 Å². The van der Waals surface area contributed by atoms with Gasteiger partial charge in [-0.05, 0) is 19.4 Å². The van der Waals surface area contributed by atoms with Gasteiger partial charge in [0.1, 0.15) is 12.3 Å². The van der Waals surface area contributed by atoms with Gasteiger partial charge in [0.15, 0.2) is 5.89 Å². The fraction of sp³-hybridized carbons (Fsp3) is 0.500. The minimum Gasteiger partial charge on any atom is -0.446 e. The van der Waals surface area contributed by atoms with Crippen LogP contribution in [0.2, 0.25) is 0 Å². The van der Waals surface area contributed by atoms with E-state index in [1.54, 1.807) is 0 Å². The predicted molar refractivity (Wildman–Crippen MR) is 38.8 cm³/mol. The van der Waals surface area contributed by atoms with Gasteiger partial charge < -0.3 is 4.42 Å². The third kappa shape index (κ3) is 1.72. The van der Waals surface area contributed by atoms with Crippen molar-refractivity contribution >= 4 is 0 Å². The Kier molecular flexibility index (Phi) is 2.13. The molecule has 0 unspecified atom stereocenters. The highest BCUT2D eigenvalue weighted by Crippen LogP contribution is 2.08. The van der Waals surface area contributed by atoms with E-state index in [1.807, 2.05) is 13.8 Å². The molecule has 0 saturated carbocycles. The van der Waals surface area contributed by atoms with Crippen LogP contribution in [0.25, 0.3) is 10.4 Å². The van der Waals surface area contributed by atoms with Gasteiger partial charge in [-0.2, -0.15) is 0 Å². The number of hydrogen-bond acceptors (Lipinski definition) is 3. The molecule has 11 heavy (non-hydrogen) atoms. The summed E-state index contributed by atoms with van der Waals surface area (Å²) < 4.78 is 5.14. The molecule has 0 atom stereocenters. The lowest BCUT2D eigenvalue weighted by Gasteiger charge is -1.81. The molecule has 1 aromatic heterocycles. The van der Waals surface area contributed by atoms with Crippen molar-refractivity contribution < 1.29 is 4.42 Å². The number of nitrogens with zero attached hydrogens (tertiary/aromatic N) is 4. The van der Waals surface area contributed by atoms with Gasteiger partial charge in [-0.15, -0.1) is 0 Å². The van der Waals surface area contributed by atoms with Crippen molar-refractivity contribution in [3.8, 4) is 0 Å². The van der Waals surface area contributed by atoms with E-state index in [9.17, 15) is 0 Å². The van der Waals surface area contributed by atoms with E-state index < -0.39 is 0 Å². The van der Waals surface area contributed by atoms with E-state index in [0.29, 0.717) is 5.89 Å². The summed E-state index contributed by atoms with van der Waals surface area (Å²) in [4.78, 5) is 6.61. The van der Waals surface area contributed by atoms with Crippen molar-refractivity contribution in [3.63, 3.8) is 0 Å². The summed E-state index contributed by atoms with van der Waals surface area (Å²) in [5.41, 5.74) is 8.83. The molecule has 0 aliphatic heterocycles. The lowest BCUT2D eigenvalue weighted by Crippen LogP contribution is -1.78. The van der Waals surface area contributed by atoms with Crippen LogP contribution in [0, 0.1) is 13.8 Å². The van der Waals surface area contributed by atoms with Gasteiger partial charge in [-0.25, -0.2) is 4.98 Å². The molecule has 0 aromatic carbocycles. The number of aromatic nitrogens is 1. The zero-order chi connectivity index (χ0) is 8.27. The minimum atomic E-state index is 0.186. The summed E-state index contributed by atoms with van der Waals surface area (Å²) >= 11 is 0. The van der Waals surface area contributed by atoms with Crippen LogP contribution in [0.1, 0.15) is 17.3 Å². The van der Waals surface area contributed by atoms with Gasteiger partial charge in [0.05, 0.1) is 5.69 Å². The fourth-order valence-corrected chi connectivity index (χ4v) is 0.699. The lowest BCUT2D eigenvalue weighted by molar-refractivity contribution is 0.473. The fourth-order valence-electron chi connectivity index (χ4n) is 0.699. The molecule has 5 heteroatoms. The first kappa shape index (κ1) is 7.63. The Balaban J connectivity index is 2.80. The Morgan fingerprint density at radius 2 is 2.36 bits per heavy atom. The Labute approximate surface area is 63.7 Å². The van der Waals surface area contributed by atoms with Gasteiger partial charge in [-0.1, -0.05) is 5.11 Å². The molecule has 0 aliphatic rings. The van der Waals surface area contributed by atoms with Crippen LogP contribution < -0.4 is 0 Å². The average Bonchev–Trinajstić information content (AvgIpc) is 2.28. The quantitative estimate of drug-likeness (QED) is 0.369. The van der Waals surface area contributed by atoms with Crippen molar-refractivity contribution in [1.82, 2.24) is 4.98 Å². The van der Waals surface area contributed by atoms with E-state index in [0.717, 1.165) is 11.5 Å².